The summed E-state index contributed by atoms with van der Waals surface area (Å²) in [6.45, 7) is 4.93. The minimum absolute atomic E-state index is 0.191. The van der Waals surface area contributed by atoms with Gasteiger partial charge in [0.2, 0.25) is 0 Å². The molecule has 0 spiro atoms. The lowest BCUT2D eigenvalue weighted by atomic mass is 9.99. The van der Waals surface area contributed by atoms with Gasteiger partial charge in [-0.25, -0.2) is 13.9 Å². The summed E-state index contributed by atoms with van der Waals surface area (Å²) in [5.41, 5.74) is 7.05. The average molecular weight is 534 g/mol. The first-order chi connectivity index (χ1) is 19.6. The summed E-state index contributed by atoms with van der Waals surface area (Å²) < 4.78 is 17.6. The number of aryl methyl sites for hydroxylation is 2. The van der Waals surface area contributed by atoms with Gasteiger partial charge in [-0.2, -0.15) is 5.10 Å². The lowest BCUT2D eigenvalue weighted by Gasteiger charge is -2.31. The highest BCUT2D eigenvalue weighted by Gasteiger charge is 2.36. The summed E-state index contributed by atoms with van der Waals surface area (Å²) in [6.07, 6.45) is 3.74. The molecule has 1 atom stereocenters. The highest BCUT2D eigenvalue weighted by atomic mass is 19.1. The summed E-state index contributed by atoms with van der Waals surface area (Å²) in [5, 5.41) is 8.11. The number of halogens is 1. The van der Waals surface area contributed by atoms with Crippen LogP contribution in [0.5, 0.6) is 0 Å². The fourth-order valence-electron chi connectivity index (χ4n) is 5.52. The minimum Gasteiger partial charge on any atom is -0.334 e. The van der Waals surface area contributed by atoms with Crippen molar-refractivity contribution >= 4 is 6.03 Å². The number of rotatable bonds is 6. The first-order valence-electron chi connectivity index (χ1n) is 13.8. The Labute approximate surface area is 233 Å². The third-order valence-electron chi connectivity index (χ3n) is 7.63. The molecule has 1 aliphatic rings. The van der Waals surface area contributed by atoms with Crippen molar-refractivity contribution in [1.82, 2.24) is 24.6 Å². The molecular weight excluding hydrogens is 501 g/mol. The van der Waals surface area contributed by atoms with Crippen molar-refractivity contribution in [2.45, 2.75) is 45.8 Å². The molecule has 0 bridgehead atoms. The molecule has 2 aromatic heterocycles. The van der Waals surface area contributed by atoms with E-state index in [1.807, 2.05) is 33.8 Å². The third kappa shape index (κ3) is 4.68. The van der Waals surface area contributed by atoms with E-state index in [0.717, 1.165) is 52.4 Å². The Kier molecular flexibility index (Phi) is 6.95. The molecule has 202 valence electrons. The van der Waals surface area contributed by atoms with E-state index < -0.39 is 0 Å². The fraction of sp³-hybridized carbons (Fsp3) is 0.212. The van der Waals surface area contributed by atoms with Crippen LogP contribution in [0, 0.1) is 5.82 Å². The van der Waals surface area contributed by atoms with E-state index in [9.17, 15) is 9.18 Å². The molecule has 1 aliphatic heterocycles. The van der Waals surface area contributed by atoms with E-state index >= 15 is 0 Å². The number of fused-ring (bicyclic) bond motifs is 3. The van der Waals surface area contributed by atoms with Crippen molar-refractivity contribution in [2.75, 3.05) is 0 Å². The quantitative estimate of drug-likeness (QED) is 0.263. The van der Waals surface area contributed by atoms with E-state index in [0.29, 0.717) is 13.1 Å². The van der Waals surface area contributed by atoms with Crippen LogP contribution in [0.2, 0.25) is 0 Å². The van der Waals surface area contributed by atoms with E-state index in [1.54, 1.807) is 12.1 Å². The number of carbonyl (C=O) groups is 1. The molecule has 2 amide bonds. The summed E-state index contributed by atoms with van der Waals surface area (Å²) in [7, 11) is 0. The van der Waals surface area contributed by atoms with Gasteiger partial charge in [-0.05, 0) is 65.9 Å². The van der Waals surface area contributed by atoms with Gasteiger partial charge in [-0.15, -0.1) is 0 Å². The molecule has 5 aromatic rings. The van der Waals surface area contributed by atoms with E-state index in [2.05, 4.69) is 72.4 Å². The van der Waals surface area contributed by atoms with Crippen LogP contribution in [0.4, 0.5) is 9.18 Å². The van der Waals surface area contributed by atoms with Gasteiger partial charge in [-0.3, -0.25) is 0 Å². The topological polar surface area (TPSA) is 55.1 Å². The van der Waals surface area contributed by atoms with Crippen molar-refractivity contribution in [1.29, 1.82) is 0 Å². The smallest absolute Gasteiger partial charge is 0.318 e. The van der Waals surface area contributed by atoms with Gasteiger partial charge >= 0.3 is 6.03 Å². The highest BCUT2D eigenvalue weighted by Crippen LogP contribution is 2.38. The van der Waals surface area contributed by atoms with Gasteiger partial charge in [0.05, 0.1) is 29.7 Å². The third-order valence-corrected chi connectivity index (χ3v) is 7.63. The molecule has 0 aliphatic carbocycles. The molecule has 6 rings (SSSR count). The second-order valence-corrected chi connectivity index (χ2v) is 10.1. The summed E-state index contributed by atoms with van der Waals surface area (Å²) in [5.74, 6) is 0.654. The van der Waals surface area contributed by atoms with Crippen molar-refractivity contribution in [3.05, 3.63) is 137 Å². The number of hydrogen-bond acceptors (Lipinski definition) is 2. The number of nitrogens with one attached hydrogen (secondary N) is 1. The molecule has 0 saturated heterocycles. The van der Waals surface area contributed by atoms with E-state index in [4.69, 9.17) is 5.10 Å². The van der Waals surface area contributed by atoms with Crippen LogP contribution in [-0.2, 0) is 25.9 Å². The normalized spacial score (nSPS) is 14.4. The number of carbonyl (C=O) groups excluding carboxylic acids is 1. The first-order valence-corrected chi connectivity index (χ1v) is 13.8. The van der Waals surface area contributed by atoms with Gasteiger partial charge in [-0.1, -0.05) is 68.4 Å². The zero-order valence-corrected chi connectivity index (χ0v) is 22.7. The molecule has 6 nitrogen and oxygen atoms in total. The lowest BCUT2D eigenvalue weighted by Crippen LogP contribution is -2.41. The molecule has 0 saturated carbocycles. The lowest BCUT2D eigenvalue weighted by molar-refractivity contribution is 0.180. The van der Waals surface area contributed by atoms with E-state index in [-0.39, 0.29) is 17.9 Å². The Morgan fingerprint density at radius 1 is 0.900 bits per heavy atom. The predicted octanol–water partition coefficient (Wildman–Crippen LogP) is 6.74. The van der Waals surface area contributed by atoms with Crippen LogP contribution in [0.1, 0.15) is 53.5 Å². The molecule has 3 aromatic carbocycles. The van der Waals surface area contributed by atoms with Crippen LogP contribution in [0.3, 0.4) is 0 Å². The first kappa shape index (κ1) is 25.6. The van der Waals surface area contributed by atoms with Crippen LogP contribution in [-0.4, -0.2) is 25.3 Å². The molecular formula is C33H32FN5O. The van der Waals surface area contributed by atoms with Crippen molar-refractivity contribution < 1.29 is 9.18 Å². The van der Waals surface area contributed by atoms with Crippen molar-refractivity contribution in [3.63, 3.8) is 0 Å². The van der Waals surface area contributed by atoms with Crippen molar-refractivity contribution in [3.8, 4) is 11.5 Å². The summed E-state index contributed by atoms with van der Waals surface area (Å²) in [4.78, 5) is 15.9. The Morgan fingerprint density at radius 2 is 1.62 bits per heavy atom. The largest absolute Gasteiger partial charge is 0.334 e. The Morgan fingerprint density at radius 3 is 2.33 bits per heavy atom. The number of nitrogens with zero attached hydrogens (tertiary/aromatic N) is 4. The molecule has 7 heteroatoms. The fourth-order valence-corrected chi connectivity index (χ4v) is 5.52. The second-order valence-electron chi connectivity index (χ2n) is 10.1. The Hall–Kier alpha value is -4.65. The average Bonchev–Trinajstić information content (AvgIpc) is 3.58. The molecule has 0 radical (unpaired) electrons. The maximum atomic E-state index is 14.0. The van der Waals surface area contributed by atoms with Gasteiger partial charge in [0, 0.05) is 18.3 Å². The Balaban J connectivity index is 1.48. The summed E-state index contributed by atoms with van der Waals surface area (Å²) in [6, 6.07) is 28.5. The molecule has 40 heavy (non-hydrogen) atoms. The molecule has 1 unspecified atom stereocenters. The highest BCUT2D eigenvalue weighted by molar-refractivity contribution is 5.76. The monoisotopic (exact) mass is 533 g/mol. The maximum absolute atomic E-state index is 14.0. The molecule has 3 heterocycles. The number of para-hydroxylation sites is 1. The van der Waals surface area contributed by atoms with E-state index in [1.165, 1.54) is 17.7 Å². The van der Waals surface area contributed by atoms with Crippen LogP contribution >= 0.6 is 0 Å². The maximum Gasteiger partial charge on any atom is 0.318 e. The predicted molar refractivity (Wildman–Crippen MR) is 154 cm³/mol. The zero-order chi connectivity index (χ0) is 27.6. The number of amides is 2. The van der Waals surface area contributed by atoms with Gasteiger partial charge in [0.15, 0.2) is 0 Å². The van der Waals surface area contributed by atoms with Gasteiger partial charge < -0.3 is 14.8 Å². The van der Waals surface area contributed by atoms with Gasteiger partial charge in [0.1, 0.15) is 11.6 Å². The molecule has 0 fully saturated rings. The number of urea groups is 1. The van der Waals surface area contributed by atoms with Crippen molar-refractivity contribution in [2.24, 2.45) is 0 Å². The summed E-state index contributed by atoms with van der Waals surface area (Å²) >= 11 is 0. The van der Waals surface area contributed by atoms with Crippen LogP contribution in [0.15, 0.2) is 97.2 Å². The molecule has 1 N–H and O–H groups in total. The second kappa shape index (κ2) is 10.8. The SMILES string of the molecule is CCc1ccc(C2c3cccn3-c3c(c(CC)nn3-c3ccccc3)CN2C(=O)NCc2ccc(F)cc2)cc1. The number of aromatic nitrogens is 3. The van der Waals surface area contributed by atoms with Crippen LogP contribution in [0.25, 0.3) is 11.5 Å². The van der Waals surface area contributed by atoms with Gasteiger partial charge in [0.25, 0.3) is 0 Å². The number of hydrogen-bond donors (Lipinski definition) is 1. The zero-order valence-electron chi connectivity index (χ0n) is 22.7. The standard InChI is InChI=1S/C33H32FN5O/c1-3-23-12-16-25(17-13-23)31-30-11-8-20-37(30)32-28(29(4-2)36-39(32)27-9-6-5-7-10-27)22-38(31)33(40)35-21-24-14-18-26(34)19-15-24/h5-20,31H,3-4,21-22H2,1-2H3,(H,35,40). The number of benzene rings is 3. The Bertz CT molecular complexity index is 1620. The van der Waals surface area contributed by atoms with Crippen LogP contribution < -0.4 is 5.32 Å². The minimum atomic E-state index is -0.324.